The molecule has 0 fully saturated rings. The maximum atomic E-state index is 13.4. The zero-order valence-electron chi connectivity index (χ0n) is 13.2. The molecule has 7 heteroatoms. The molecule has 1 aromatic carbocycles. The van der Waals surface area contributed by atoms with Crippen LogP contribution < -0.4 is 5.32 Å². The summed E-state index contributed by atoms with van der Waals surface area (Å²) in [5.74, 6) is -0.554. The summed E-state index contributed by atoms with van der Waals surface area (Å²) in [7, 11) is -3.30. The lowest BCUT2D eigenvalue weighted by atomic mass is 10.1. The Bertz CT molecular complexity index is 603. The van der Waals surface area contributed by atoms with Gasteiger partial charge in [-0.05, 0) is 17.5 Å². The Morgan fingerprint density at radius 3 is 2.50 bits per heavy atom. The van der Waals surface area contributed by atoms with Crippen LogP contribution in [-0.4, -0.2) is 44.5 Å². The van der Waals surface area contributed by atoms with Gasteiger partial charge in [0.1, 0.15) is 5.82 Å². The summed E-state index contributed by atoms with van der Waals surface area (Å²) in [6.07, 6.45) is 1.09. The second-order valence-electron chi connectivity index (χ2n) is 5.63. The average molecular weight is 330 g/mol. The van der Waals surface area contributed by atoms with E-state index in [2.05, 4.69) is 5.32 Å². The van der Waals surface area contributed by atoms with E-state index < -0.39 is 15.8 Å². The lowest BCUT2D eigenvalue weighted by Crippen LogP contribution is -2.40. The van der Waals surface area contributed by atoms with Gasteiger partial charge in [0.15, 0.2) is 0 Å². The van der Waals surface area contributed by atoms with Crippen molar-refractivity contribution in [3.8, 4) is 0 Å². The van der Waals surface area contributed by atoms with Crippen molar-refractivity contribution in [3.63, 3.8) is 0 Å². The van der Waals surface area contributed by atoms with E-state index in [4.69, 9.17) is 0 Å². The number of carbonyl (C=O) groups is 1. The molecule has 22 heavy (non-hydrogen) atoms. The topological polar surface area (TPSA) is 66.5 Å². The quantitative estimate of drug-likeness (QED) is 0.783. The molecule has 5 nitrogen and oxygen atoms in total. The molecule has 0 atom stereocenters. The Balaban J connectivity index is 2.48. The summed E-state index contributed by atoms with van der Waals surface area (Å²) in [6, 6.07) is 6.08. The lowest BCUT2D eigenvalue weighted by Gasteiger charge is -2.22. The van der Waals surface area contributed by atoms with Crippen molar-refractivity contribution in [2.75, 3.05) is 25.9 Å². The molecule has 0 spiro atoms. The second-order valence-corrected chi connectivity index (χ2v) is 7.62. The molecule has 1 aromatic rings. The van der Waals surface area contributed by atoms with E-state index in [0.29, 0.717) is 12.1 Å². The van der Waals surface area contributed by atoms with Gasteiger partial charge in [-0.25, -0.2) is 17.1 Å². The summed E-state index contributed by atoms with van der Waals surface area (Å²) in [4.78, 5) is 11.8. The molecule has 0 aliphatic heterocycles. The summed E-state index contributed by atoms with van der Waals surface area (Å²) in [5, 5.41) is 2.62. The molecule has 0 aliphatic carbocycles. The third-order valence-corrected chi connectivity index (χ3v) is 4.30. The smallest absolute Gasteiger partial charge is 0.224 e. The van der Waals surface area contributed by atoms with Crippen LogP contribution in [-0.2, 0) is 21.2 Å². The van der Waals surface area contributed by atoms with Gasteiger partial charge >= 0.3 is 0 Å². The monoisotopic (exact) mass is 330 g/mol. The number of nitrogens with one attached hydrogen (secondary N) is 1. The Labute approximate surface area is 131 Å². The first-order chi connectivity index (χ1) is 10.2. The van der Waals surface area contributed by atoms with Gasteiger partial charge in [0, 0.05) is 19.6 Å². The number of benzene rings is 1. The van der Waals surface area contributed by atoms with Crippen LogP contribution in [0.2, 0.25) is 0 Å². The minimum Gasteiger partial charge on any atom is -0.354 e. The van der Waals surface area contributed by atoms with Crippen LogP contribution in [0.15, 0.2) is 24.3 Å². The molecule has 1 rings (SSSR count). The van der Waals surface area contributed by atoms with Gasteiger partial charge in [-0.2, -0.15) is 0 Å². The average Bonchev–Trinajstić information content (AvgIpc) is 2.39. The second kappa shape index (κ2) is 8.24. The summed E-state index contributed by atoms with van der Waals surface area (Å²) in [5.41, 5.74) is 0.321. The molecule has 0 saturated carbocycles. The van der Waals surface area contributed by atoms with Crippen LogP contribution in [0.4, 0.5) is 4.39 Å². The van der Waals surface area contributed by atoms with Gasteiger partial charge in [-0.3, -0.25) is 4.79 Å². The molecule has 124 valence electrons. The summed E-state index contributed by atoms with van der Waals surface area (Å²) >= 11 is 0. The molecule has 0 heterocycles. The van der Waals surface area contributed by atoms with E-state index >= 15 is 0 Å². The van der Waals surface area contributed by atoms with E-state index in [-0.39, 0.29) is 31.3 Å². The van der Waals surface area contributed by atoms with E-state index in [1.54, 1.807) is 18.2 Å². The van der Waals surface area contributed by atoms with Crippen molar-refractivity contribution >= 4 is 15.9 Å². The number of hydrogen-bond acceptors (Lipinski definition) is 3. The van der Waals surface area contributed by atoms with Crippen molar-refractivity contribution in [2.24, 2.45) is 5.92 Å². The minimum atomic E-state index is -3.30. The summed E-state index contributed by atoms with van der Waals surface area (Å²) < 4.78 is 38.1. The Morgan fingerprint density at radius 2 is 1.95 bits per heavy atom. The maximum absolute atomic E-state index is 13.4. The Kier molecular flexibility index (Phi) is 6.96. The van der Waals surface area contributed by atoms with Crippen LogP contribution >= 0.6 is 0 Å². The highest BCUT2D eigenvalue weighted by molar-refractivity contribution is 7.88. The first-order valence-corrected chi connectivity index (χ1v) is 9.00. The minimum absolute atomic E-state index is 0.0598. The van der Waals surface area contributed by atoms with Gasteiger partial charge in [0.05, 0.1) is 12.7 Å². The molecule has 0 aromatic heterocycles. The first kappa shape index (κ1) is 18.6. The van der Waals surface area contributed by atoms with Gasteiger partial charge in [-0.15, -0.1) is 0 Å². The normalized spacial score (nSPS) is 11.9. The third kappa shape index (κ3) is 6.53. The molecule has 0 radical (unpaired) electrons. The highest BCUT2D eigenvalue weighted by atomic mass is 32.2. The van der Waals surface area contributed by atoms with Gasteiger partial charge < -0.3 is 5.32 Å². The number of nitrogens with zero attached hydrogens (tertiary/aromatic N) is 1. The zero-order chi connectivity index (χ0) is 16.8. The number of carbonyl (C=O) groups excluding carboxylic acids is 1. The number of rotatable bonds is 8. The molecule has 1 amide bonds. The van der Waals surface area contributed by atoms with Crippen LogP contribution in [0.1, 0.15) is 19.4 Å². The molecular formula is C15H23FN2O3S. The number of amides is 1. The van der Waals surface area contributed by atoms with E-state index in [1.807, 2.05) is 13.8 Å². The highest BCUT2D eigenvalue weighted by Gasteiger charge is 2.17. The number of sulfonamides is 1. The van der Waals surface area contributed by atoms with Gasteiger partial charge in [0.25, 0.3) is 0 Å². The summed E-state index contributed by atoms with van der Waals surface area (Å²) in [6.45, 7) is 4.67. The van der Waals surface area contributed by atoms with E-state index in [9.17, 15) is 17.6 Å². The van der Waals surface area contributed by atoms with Crippen LogP contribution in [0.25, 0.3) is 0 Å². The van der Waals surface area contributed by atoms with E-state index in [1.165, 1.54) is 10.4 Å². The molecule has 1 N–H and O–H groups in total. The van der Waals surface area contributed by atoms with Crippen LogP contribution in [0.3, 0.4) is 0 Å². The highest BCUT2D eigenvalue weighted by Crippen LogP contribution is 2.07. The molecule has 0 saturated heterocycles. The van der Waals surface area contributed by atoms with Crippen LogP contribution in [0.5, 0.6) is 0 Å². The van der Waals surface area contributed by atoms with Crippen molar-refractivity contribution in [1.29, 1.82) is 0 Å². The molecule has 0 unspecified atom stereocenters. The molecule has 0 bridgehead atoms. The predicted molar refractivity (Wildman–Crippen MR) is 84.4 cm³/mol. The number of hydrogen-bond donors (Lipinski definition) is 1. The molecular weight excluding hydrogens is 307 g/mol. The van der Waals surface area contributed by atoms with E-state index in [0.717, 1.165) is 6.26 Å². The Morgan fingerprint density at radius 1 is 1.32 bits per heavy atom. The fourth-order valence-electron chi connectivity index (χ4n) is 2.00. The molecule has 0 aliphatic rings. The van der Waals surface area contributed by atoms with Gasteiger partial charge in [0.2, 0.25) is 15.9 Å². The van der Waals surface area contributed by atoms with Crippen molar-refractivity contribution in [3.05, 3.63) is 35.6 Å². The third-order valence-electron chi connectivity index (χ3n) is 3.03. The maximum Gasteiger partial charge on any atom is 0.224 e. The number of halogens is 1. The van der Waals surface area contributed by atoms with Crippen molar-refractivity contribution in [2.45, 2.75) is 20.3 Å². The fourth-order valence-corrected chi connectivity index (χ4v) is 2.99. The lowest BCUT2D eigenvalue weighted by molar-refractivity contribution is -0.120. The predicted octanol–water partition coefficient (Wildman–Crippen LogP) is 1.40. The van der Waals surface area contributed by atoms with Crippen LogP contribution in [0, 0.1) is 11.7 Å². The van der Waals surface area contributed by atoms with Crippen molar-refractivity contribution < 1.29 is 17.6 Å². The zero-order valence-corrected chi connectivity index (χ0v) is 14.0. The first-order valence-electron chi connectivity index (χ1n) is 7.15. The fraction of sp³-hybridized carbons (Fsp3) is 0.533. The van der Waals surface area contributed by atoms with Gasteiger partial charge in [-0.1, -0.05) is 32.0 Å². The Hall–Kier alpha value is -1.47. The standard InChI is InChI=1S/C15H23FN2O3S/c1-12(2)11-18(22(3,20)21)9-8-17-15(19)10-13-6-4-5-7-14(13)16/h4-7,12H,8-11H2,1-3H3,(H,17,19). The van der Waals surface area contributed by atoms with Crippen molar-refractivity contribution in [1.82, 2.24) is 9.62 Å². The SMILES string of the molecule is CC(C)CN(CCNC(=O)Cc1ccccc1F)S(C)(=O)=O. The largest absolute Gasteiger partial charge is 0.354 e.